The average molecular weight is 305 g/mol. The predicted octanol–water partition coefficient (Wildman–Crippen LogP) is 4.59. The first-order valence-electron chi connectivity index (χ1n) is 6.47. The van der Waals surface area contributed by atoms with Crippen LogP contribution in [0.15, 0.2) is 36.4 Å². The highest BCUT2D eigenvalue weighted by Gasteiger charge is 2.10. The summed E-state index contributed by atoms with van der Waals surface area (Å²) in [6.07, 6.45) is 0.951. The first kappa shape index (κ1) is 14.8. The van der Waals surface area contributed by atoms with E-state index in [1.54, 1.807) is 6.07 Å². The molecule has 104 valence electrons. The van der Waals surface area contributed by atoms with Crippen LogP contribution in [-0.4, -0.2) is 4.99 Å². The zero-order valence-corrected chi connectivity index (χ0v) is 13.1. The van der Waals surface area contributed by atoms with Gasteiger partial charge in [0.05, 0.1) is 5.69 Å². The SMILES string of the molecule is CCc1cccc(C)c1Nc1cc(Cl)ccc1C(N)=S. The van der Waals surface area contributed by atoms with Crippen molar-refractivity contribution in [3.8, 4) is 0 Å². The van der Waals surface area contributed by atoms with Crippen molar-refractivity contribution in [2.24, 2.45) is 5.73 Å². The van der Waals surface area contributed by atoms with E-state index in [2.05, 4.69) is 37.4 Å². The average Bonchev–Trinajstić information content (AvgIpc) is 2.40. The molecule has 2 nitrogen and oxygen atoms in total. The third kappa shape index (κ3) is 3.11. The minimum Gasteiger partial charge on any atom is -0.389 e. The third-order valence-corrected chi connectivity index (χ3v) is 3.70. The van der Waals surface area contributed by atoms with Crippen molar-refractivity contribution in [2.75, 3.05) is 5.32 Å². The lowest BCUT2D eigenvalue weighted by Gasteiger charge is -2.16. The molecule has 0 aromatic heterocycles. The van der Waals surface area contributed by atoms with Crippen LogP contribution >= 0.6 is 23.8 Å². The molecule has 3 N–H and O–H groups in total. The van der Waals surface area contributed by atoms with Crippen molar-refractivity contribution in [2.45, 2.75) is 20.3 Å². The number of nitrogens with one attached hydrogen (secondary N) is 1. The molecule has 4 heteroatoms. The van der Waals surface area contributed by atoms with Crippen molar-refractivity contribution >= 4 is 40.2 Å². The minimum absolute atomic E-state index is 0.357. The summed E-state index contributed by atoms with van der Waals surface area (Å²) in [5.74, 6) is 0. The van der Waals surface area contributed by atoms with Gasteiger partial charge in [-0.05, 0) is 42.7 Å². The second-order valence-electron chi connectivity index (χ2n) is 4.64. The maximum atomic E-state index is 6.08. The molecule has 2 rings (SSSR count). The number of anilines is 2. The molecule has 0 saturated heterocycles. The number of nitrogens with two attached hydrogens (primary N) is 1. The molecule has 0 fully saturated rings. The highest BCUT2D eigenvalue weighted by atomic mass is 35.5. The van der Waals surface area contributed by atoms with Crippen LogP contribution in [0.1, 0.15) is 23.6 Å². The molecule has 0 amide bonds. The summed E-state index contributed by atoms with van der Waals surface area (Å²) in [4.78, 5) is 0.357. The van der Waals surface area contributed by atoms with Gasteiger partial charge in [-0.2, -0.15) is 0 Å². The molecule has 0 atom stereocenters. The van der Waals surface area contributed by atoms with Gasteiger partial charge in [-0.3, -0.25) is 0 Å². The largest absolute Gasteiger partial charge is 0.389 e. The van der Waals surface area contributed by atoms with E-state index in [1.807, 2.05) is 12.1 Å². The quantitative estimate of drug-likeness (QED) is 0.811. The van der Waals surface area contributed by atoms with Crippen LogP contribution in [0.2, 0.25) is 5.02 Å². The number of hydrogen-bond acceptors (Lipinski definition) is 2. The molecule has 0 aliphatic heterocycles. The van der Waals surface area contributed by atoms with Crippen molar-refractivity contribution < 1.29 is 0 Å². The maximum Gasteiger partial charge on any atom is 0.106 e. The topological polar surface area (TPSA) is 38.0 Å². The van der Waals surface area contributed by atoms with Crippen LogP contribution in [0.5, 0.6) is 0 Å². The fourth-order valence-corrected chi connectivity index (χ4v) is 2.52. The standard InChI is InChI=1S/C16H17ClN2S/c1-3-11-6-4-5-10(2)15(11)19-14-9-12(17)7-8-13(14)16(18)20/h4-9,19H,3H2,1-2H3,(H2,18,20). The van der Waals surface area contributed by atoms with E-state index in [9.17, 15) is 0 Å². The van der Waals surface area contributed by atoms with Gasteiger partial charge in [0.15, 0.2) is 0 Å². The maximum absolute atomic E-state index is 6.08. The number of rotatable bonds is 4. The monoisotopic (exact) mass is 304 g/mol. The van der Waals surface area contributed by atoms with Crippen LogP contribution in [0, 0.1) is 6.92 Å². The van der Waals surface area contributed by atoms with Crippen molar-refractivity contribution in [3.63, 3.8) is 0 Å². The van der Waals surface area contributed by atoms with E-state index in [0.29, 0.717) is 10.0 Å². The molecule has 0 saturated carbocycles. The smallest absolute Gasteiger partial charge is 0.106 e. The van der Waals surface area contributed by atoms with Gasteiger partial charge in [0, 0.05) is 16.3 Å². The summed E-state index contributed by atoms with van der Waals surface area (Å²) in [7, 11) is 0. The zero-order chi connectivity index (χ0) is 14.7. The van der Waals surface area contributed by atoms with Crippen molar-refractivity contribution in [1.82, 2.24) is 0 Å². The van der Waals surface area contributed by atoms with Crippen LogP contribution in [-0.2, 0) is 6.42 Å². The summed E-state index contributed by atoms with van der Waals surface area (Å²) in [6, 6.07) is 11.7. The summed E-state index contributed by atoms with van der Waals surface area (Å²) in [5.41, 5.74) is 10.9. The van der Waals surface area contributed by atoms with E-state index in [-0.39, 0.29) is 0 Å². The van der Waals surface area contributed by atoms with Gasteiger partial charge in [0.2, 0.25) is 0 Å². The number of hydrogen-bond donors (Lipinski definition) is 2. The number of benzene rings is 2. The molecule has 0 radical (unpaired) electrons. The second kappa shape index (κ2) is 6.25. The Bertz CT molecular complexity index is 653. The van der Waals surface area contributed by atoms with E-state index in [4.69, 9.17) is 29.6 Å². The first-order valence-corrected chi connectivity index (χ1v) is 7.26. The summed E-state index contributed by atoms with van der Waals surface area (Å²) < 4.78 is 0. The van der Waals surface area contributed by atoms with E-state index in [0.717, 1.165) is 23.4 Å². The van der Waals surface area contributed by atoms with Crippen molar-refractivity contribution in [3.05, 3.63) is 58.1 Å². The molecule has 0 aliphatic carbocycles. The fraction of sp³-hybridized carbons (Fsp3) is 0.188. The van der Waals surface area contributed by atoms with E-state index in [1.165, 1.54) is 11.1 Å². The van der Waals surface area contributed by atoms with Crippen LogP contribution in [0.25, 0.3) is 0 Å². The lowest BCUT2D eigenvalue weighted by Crippen LogP contribution is -2.12. The molecule has 0 spiro atoms. The number of para-hydroxylation sites is 1. The molecule has 0 unspecified atom stereocenters. The van der Waals surface area contributed by atoms with Gasteiger partial charge < -0.3 is 11.1 Å². The van der Waals surface area contributed by atoms with Crippen LogP contribution < -0.4 is 11.1 Å². The van der Waals surface area contributed by atoms with Gasteiger partial charge in [0.25, 0.3) is 0 Å². The Morgan fingerprint density at radius 1 is 1.30 bits per heavy atom. The molecule has 20 heavy (non-hydrogen) atoms. The van der Waals surface area contributed by atoms with Crippen LogP contribution in [0.3, 0.4) is 0 Å². The molecule has 2 aromatic rings. The fourth-order valence-electron chi connectivity index (χ4n) is 2.17. The summed E-state index contributed by atoms with van der Waals surface area (Å²) in [5, 5.41) is 4.08. The van der Waals surface area contributed by atoms with Crippen LogP contribution in [0.4, 0.5) is 11.4 Å². The second-order valence-corrected chi connectivity index (χ2v) is 5.52. The lowest BCUT2D eigenvalue weighted by atomic mass is 10.0. The summed E-state index contributed by atoms with van der Waals surface area (Å²) >= 11 is 11.2. The highest BCUT2D eigenvalue weighted by molar-refractivity contribution is 7.80. The Labute approximate surface area is 130 Å². The Morgan fingerprint density at radius 3 is 2.70 bits per heavy atom. The van der Waals surface area contributed by atoms with E-state index < -0.39 is 0 Å². The molecule has 0 bridgehead atoms. The highest BCUT2D eigenvalue weighted by Crippen LogP contribution is 2.29. The Hall–Kier alpha value is -1.58. The minimum atomic E-state index is 0.357. The Kier molecular flexibility index (Phi) is 4.63. The third-order valence-electron chi connectivity index (χ3n) is 3.25. The van der Waals surface area contributed by atoms with Gasteiger partial charge in [-0.1, -0.05) is 48.9 Å². The van der Waals surface area contributed by atoms with Gasteiger partial charge >= 0.3 is 0 Å². The van der Waals surface area contributed by atoms with Gasteiger partial charge in [-0.25, -0.2) is 0 Å². The predicted molar refractivity (Wildman–Crippen MR) is 91.2 cm³/mol. The Morgan fingerprint density at radius 2 is 2.05 bits per heavy atom. The van der Waals surface area contributed by atoms with E-state index >= 15 is 0 Å². The molecule has 2 aromatic carbocycles. The summed E-state index contributed by atoms with van der Waals surface area (Å²) in [6.45, 7) is 4.21. The number of aryl methyl sites for hydroxylation is 2. The Balaban J connectivity index is 2.50. The molecular weight excluding hydrogens is 288 g/mol. The van der Waals surface area contributed by atoms with Gasteiger partial charge in [0.1, 0.15) is 4.99 Å². The lowest BCUT2D eigenvalue weighted by molar-refractivity contribution is 1.13. The van der Waals surface area contributed by atoms with Gasteiger partial charge in [-0.15, -0.1) is 0 Å². The molecule has 0 heterocycles. The molecular formula is C16H17ClN2S. The number of halogens is 1. The van der Waals surface area contributed by atoms with Crippen molar-refractivity contribution in [1.29, 1.82) is 0 Å². The first-order chi connectivity index (χ1) is 9.52. The molecule has 0 aliphatic rings. The zero-order valence-electron chi connectivity index (χ0n) is 11.5. The normalized spacial score (nSPS) is 10.3. The number of thiocarbonyl (C=S) groups is 1.